The summed E-state index contributed by atoms with van der Waals surface area (Å²) in [6.07, 6.45) is -1.56. The minimum absolute atomic E-state index is 0.0222. The van der Waals surface area contributed by atoms with Gasteiger partial charge in [-0.25, -0.2) is 4.79 Å². The van der Waals surface area contributed by atoms with Crippen LogP contribution in [0.25, 0.3) is 0 Å². The van der Waals surface area contributed by atoms with Crippen LogP contribution >= 0.6 is 0 Å². The van der Waals surface area contributed by atoms with Crippen molar-refractivity contribution < 1.29 is 44.1 Å². The molecule has 2 aromatic rings. The number of hydrogen-bond acceptors (Lipinski definition) is 8. The Labute approximate surface area is 235 Å². The van der Waals surface area contributed by atoms with Crippen LogP contribution in [0.3, 0.4) is 0 Å². The fraction of sp³-hybridized carbons (Fsp3) is 0.333. The van der Waals surface area contributed by atoms with Gasteiger partial charge in [0.15, 0.2) is 0 Å². The van der Waals surface area contributed by atoms with Gasteiger partial charge in [-0.2, -0.15) is 0 Å². The minimum atomic E-state index is -1.55. The summed E-state index contributed by atoms with van der Waals surface area (Å²) in [5.74, 6) is -6.15. The highest BCUT2D eigenvalue weighted by molar-refractivity contribution is 5.95. The van der Waals surface area contributed by atoms with E-state index in [1.165, 1.54) is 24.3 Å². The van der Waals surface area contributed by atoms with Crippen LogP contribution < -0.4 is 27.4 Å². The van der Waals surface area contributed by atoms with Crippen LogP contribution in [-0.4, -0.2) is 75.1 Å². The zero-order valence-electron chi connectivity index (χ0n) is 22.0. The van der Waals surface area contributed by atoms with Gasteiger partial charge in [0.2, 0.25) is 23.6 Å². The third kappa shape index (κ3) is 11.3. The molecule has 4 atom stereocenters. The summed E-state index contributed by atoms with van der Waals surface area (Å²) in [5, 5.41) is 35.2. The number of nitrogens with one attached hydrogen (secondary N) is 3. The lowest BCUT2D eigenvalue weighted by Crippen LogP contribution is -2.58. The first-order chi connectivity index (χ1) is 19.3. The number of aromatic hydroxyl groups is 1. The molecular weight excluding hydrogens is 538 g/mol. The van der Waals surface area contributed by atoms with Gasteiger partial charge in [0.1, 0.15) is 23.9 Å². The van der Waals surface area contributed by atoms with Crippen LogP contribution in [0.4, 0.5) is 0 Å². The SMILES string of the molecule is NC(=O)CC(N)C(=O)NC(Cc1ccccc1)C(=O)NC(Cc1ccc(O)cc1)C(=O)NC(CCC(=O)O)C(=O)O. The Balaban J connectivity index is 2.32. The van der Waals surface area contributed by atoms with Crippen LogP contribution in [0.1, 0.15) is 30.4 Å². The topological polar surface area (TPSA) is 251 Å². The van der Waals surface area contributed by atoms with Crippen molar-refractivity contribution in [2.45, 2.75) is 56.3 Å². The van der Waals surface area contributed by atoms with E-state index in [0.717, 1.165) is 0 Å². The number of nitrogens with two attached hydrogens (primary N) is 2. The van der Waals surface area contributed by atoms with Gasteiger partial charge < -0.3 is 42.7 Å². The average molecular weight is 572 g/mol. The number of phenols is 1. The molecule has 14 heteroatoms. The summed E-state index contributed by atoms with van der Waals surface area (Å²) >= 11 is 0. The van der Waals surface area contributed by atoms with Gasteiger partial charge in [-0.1, -0.05) is 42.5 Å². The normalized spacial score (nSPS) is 13.6. The number of aliphatic carboxylic acids is 2. The molecule has 2 rings (SSSR count). The molecule has 0 saturated heterocycles. The standard InChI is InChI=1S/C27H33N5O9/c28-18(14-22(29)34)24(37)31-20(12-15-4-2-1-3-5-15)26(39)32-21(13-16-6-8-17(33)9-7-16)25(38)30-19(27(40)41)10-11-23(35)36/h1-9,18-21,33H,10-14,28H2,(H2,29,34)(H,30,38)(H,31,37)(H,32,39)(H,35,36)(H,40,41). The van der Waals surface area contributed by atoms with Crippen LogP contribution in [-0.2, 0) is 41.6 Å². The summed E-state index contributed by atoms with van der Waals surface area (Å²) in [5.41, 5.74) is 12.0. The highest BCUT2D eigenvalue weighted by atomic mass is 16.4. The van der Waals surface area contributed by atoms with Crippen LogP contribution in [0.15, 0.2) is 54.6 Å². The molecule has 0 aliphatic heterocycles. The summed E-state index contributed by atoms with van der Waals surface area (Å²) in [6.45, 7) is 0. The molecule has 0 aliphatic carbocycles. The predicted octanol–water partition coefficient (Wildman–Crippen LogP) is -1.22. The van der Waals surface area contributed by atoms with E-state index in [1.54, 1.807) is 30.3 Å². The van der Waals surface area contributed by atoms with Crippen LogP contribution in [0.5, 0.6) is 5.75 Å². The van der Waals surface area contributed by atoms with Gasteiger partial charge in [-0.3, -0.25) is 24.0 Å². The first-order valence-electron chi connectivity index (χ1n) is 12.6. The molecule has 4 amide bonds. The number of carboxylic acids is 2. The molecule has 0 fully saturated rings. The molecule has 10 N–H and O–H groups in total. The molecule has 0 radical (unpaired) electrons. The van der Waals surface area contributed by atoms with Crippen molar-refractivity contribution >= 4 is 35.6 Å². The maximum Gasteiger partial charge on any atom is 0.326 e. The van der Waals surface area contributed by atoms with Crippen molar-refractivity contribution in [3.05, 3.63) is 65.7 Å². The number of carbonyl (C=O) groups is 6. The molecule has 0 bridgehead atoms. The number of amides is 4. The zero-order chi connectivity index (χ0) is 30.5. The van der Waals surface area contributed by atoms with Gasteiger partial charge in [0.05, 0.1) is 12.5 Å². The first kappa shape index (κ1) is 32.2. The van der Waals surface area contributed by atoms with E-state index in [0.29, 0.717) is 11.1 Å². The number of hydrogen-bond donors (Lipinski definition) is 8. The lowest BCUT2D eigenvalue weighted by atomic mass is 10.0. The number of benzene rings is 2. The molecule has 0 heterocycles. The van der Waals surface area contributed by atoms with E-state index >= 15 is 0 Å². The number of rotatable bonds is 16. The monoisotopic (exact) mass is 571 g/mol. The second-order valence-corrected chi connectivity index (χ2v) is 9.29. The molecule has 41 heavy (non-hydrogen) atoms. The summed E-state index contributed by atoms with van der Waals surface area (Å²) < 4.78 is 0. The molecule has 0 aliphatic rings. The lowest BCUT2D eigenvalue weighted by molar-refractivity contribution is -0.143. The Kier molecular flexibility index (Phi) is 12.2. The molecular formula is C27H33N5O9. The van der Waals surface area contributed by atoms with Gasteiger partial charge in [-0.05, 0) is 29.7 Å². The van der Waals surface area contributed by atoms with Crippen molar-refractivity contribution in [2.24, 2.45) is 11.5 Å². The van der Waals surface area contributed by atoms with Gasteiger partial charge in [0.25, 0.3) is 0 Å². The van der Waals surface area contributed by atoms with Crippen molar-refractivity contribution in [2.75, 3.05) is 0 Å². The van der Waals surface area contributed by atoms with E-state index in [-0.39, 0.29) is 18.6 Å². The predicted molar refractivity (Wildman–Crippen MR) is 144 cm³/mol. The Morgan fingerprint density at radius 3 is 1.68 bits per heavy atom. The fourth-order valence-electron chi connectivity index (χ4n) is 3.79. The van der Waals surface area contributed by atoms with Gasteiger partial charge >= 0.3 is 11.9 Å². The van der Waals surface area contributed by atoms with Gasteiger partial charge in [0, 0.05) is 19.3 Å². The average Bonchev–Trinajstić information content (AvgIpc) is 2.91. The van der Waals surface area contributed by atoms with Crippen LogP contribution in [0, 0.1) is 0 Å². The van der Waals surface area contributed by atoms with E-state index in [1.807, 2.05) is 0 Å². The third-order valence-electron chi connectivity index (χ3n) is 5.94. The maximum absolute atomic E-state index is 13.4. The number of phenolic OH excluding ortho intramolecular Hbond substituents is 1. The summed E-state index contributed by atoms with van der Waals surface area (Å²) in [7, 11) is 0. The molecule has 2 aromatic carbocycles. The number of carbonyl (C=O) groups excluding carboxylic acids is 4. The zero-order valence-corrected chi connectivity index (χ0v) is 22.0. The van der Waals surface area contributed by atoms with E-state index < -0.39 is 79.0 Å². The molecule has 4 unspecified atom stereocenters. The second kappa shape index (κ2) is 15.6. The van der Waals surface area contributed by atoms with Crippen molar-refractivity contribution in [3.8, 4) is 5.75 Å². The van der Waals surface area contributed by atoms with Crippen molar-refractivity contribution in [1.29, 1.82) is 0 Å². The largest absolute Gasteiger partial charge is 0.508 e. The third-order valence-corrected chi connectivity index (χ3v) is 5.94. The number of primary amides is 1. The maximum atomic E-state index is 13.4. The number of carboxylic acid groups (broad SMARTS) is 2. The molecule has 0 aromatic heterocycles. The summed E-state index contributed by atoms with van der Waals surface area (Å²) in [4.78, 5) is 73.1. The molecule has 0 saturated carbocycles. The first-order valence-corrected chi connectivity index (χ1v) is 12.6. The summed E-state index contributed by atoms with van der Waals surface area (Å²) in [6, 6.07) is 8.78. The van der Waals surface area contributed by atoms with Gasteiger partial charge in [-0.15, -0.1) is 0 Å². The molecule has 0 spiro atoms. The second-order valence-electron chi connectivity index (χ2n) is 9.29. The Bertz CT molecular complexity index is 1240. The van der Waals surface area contributed by atoms with Crippen LogP contribution in [0.2, 0.25) is 0 Å². The minimum Gasteiger partial charge on any atom is -0.508 e. The van der Waals surface area contributed by atoms with E-state index in [2.05, 4.69) is 16.0 Å². The quantitative estimate of drug-likeness (QED) is 0.119. The fourth-order valence-corrected chi connectivity index (χ4v) is 3.79. The highest BCUT2D eigenvalue weighted by Gasteiger charge is 2.31. The Morgan fingerprint density at radius 1 is 0.707 bits per heavy atom. The Hall–Kier alpha value is -4.98. The Morgan fingerprint density at radius 2 is 1.20 bits per heavy atom. The van der Waals surface area contributed by atoms with Crippen molar-refractivity contribution in [1.82, 2.24) is 16.0 Å². The van der Waals surface area contributed by atoms with E-state index in [4.69, 9.17) is 16.6 Å². The van der Waals surface area contributed by atoms with Crippen molar-refractivity contribution in [3.63, 3.8) is 0 Å². The smallest absolute Gasteiger partial charge is 0.326 e. The molecule has 14 nitrogen and oxygen atoms in total. The molecule has 220 valence electrons. The highest BCUT2D eigenvalue weighted by Crippen LogP contribution is 2.13. The lowest BCUT2D eigenvalue weighted by Gasteiger charge is -2.25. The van der Waals surface area contributed by atoms with E-state index in [9.17, 15) is 39.0 Å².